The fourth-order valence-corrected chi connectivity index (χ4v) is 4.14. The molecular weight excluding hydrogens is 468 g/mol. The van der Waals surface area contributed by atoms with Gasteiger partial charge in [0.1, 0.15) is 11.6 Å². The van der Waals surface area contributed by atoms with E-state index in [2.05, 4.69) is 10.3 Å². The van der Waals surface area contributed by atoms with Crippen LogP contribution in [0.5, 0.6) is 0 Å². The maximum absolute atomic E-state index is 12.4. The van der Waals surface area contributed by atoms with Crippen molar-refractivity contribution in [1.29, 1.82) is 0 Å². The number of pyridine rings is 1. The molecule has 0 aliphatic carbocycles. The molecule has 3 N–H and O–H groups in total. The SMILES string of the molecule is CN1C(=O)c2ccc(-c3cc(Cl)c4oc(CNC(=O)/C=C/c5ccc(N)nc5)cc4c3)cc2C1=O. The zero-order valence-electron chi connectivity index (χ0n) is 18.5. The van der Waals surface area contributed by atoms with Crippen molar-refractivity contribution in [2.45, 2.75) is 6.54 Å². The summed E-state index contributed by atoms with van der Waals surface area (Å²) in [4.78, 5) is 41.8. The first-order valence-corrected chi connectivity index (χ1v) is 11.0. The van der Waals surface area contributed by atoms with Gasteiger partial charge in [0, 0.05) is 24.7 Å². The van der Waals surface area contributed by atoms with Crippen molar-refractivity contribution in [2.75, 3.05) is 12.8 Å². The number of amides is 3. The van der Waals surface area contributed by atoms with Crippen LogP contribution in [0.25, 0.3) is 28.2 Å². The third kappa shape index (κ3) is 4.27. The van der Waals surface area contributed by atoms with Gasteiger partial charge in [-0.05, 0) is 65.2 Å². The summed E-state index contributed by atoms with van der Waals surface area (Å²) in [5.41, 5.74) is 9.08. The van der Waals surface area contributed by atoms with Crippen molar-refractivity contribution < 1.29 is 18.8 Å². The smallest absolute Gasteiger partial charge is 0.261 e. The van der Waals surface area contributed by atoms with E-state index in [1.54, 1.807) is 54.7 Å². The molecule has 0 saturated carbocycles. The maximum atomic E-state index is 12.4. The fraction of sp³-hybridized carbons (Fsp3) is 0.0769. The van der Waals surface area contributed by atoms with Crippen LogP contribution < -0.4 is 11.1 Å². The summed E-state index contributed by atoms with van der Waals surface area (Å²) >= 11 is 6.47. The number of hydrogen-bond acceptors (Lipinski definition) is 6. The Labute approximate surface area is 205 Å². The molecule has 35 heavy (non-hydrogen) atoms. The number of nitrogens with zero attached hydrogens (tertiary/aromatic N) is 2. The van der Waals surface area contributed by atoms with E-state index < -0.39 is 0 Å². The monoisotopic (exact) mass is 486 g/mol. The van der Waals surface area contributed by atoms with E-state index in [1.165, 1.54) is 13.1 Å². The number of nitrogen functional groups attached to an aromatic ring is 1. The van der Waals surface area contributed by atoms with Crippen LogP contribution in [0, 0.1) is 0 Å². The van der Waals surface area contributed by atoms with Crippen molar-refractivity contribution in [3.05, 3.63) is 88.3 Å². The summed E-state index contributed by atoms with van der Waals surface area (Å²) in [5, 5.41) is 3.91. The number of rotatable bonds is 5. The molecule has 0 saturated heterocycles. The predicted molar refractivity (Wildman–Crippen MR) is 133 cm³/mol. The van der Waals surface area contributed by atoms with Gasteiger partial charge in [-0.25, -0.2) is 4.98 Å². The number of carbonyl (C=O) groups is 3. The van der Waals surface area contributed by atoms with Gasteiger partial charge >= 0.3 is 0 Å². The Bertz CT molecular complexity index is 1540. The molecular formula is C26H19ClN4O4. The lowest BCUT2D eigenvalue weighted by Crippen LogP contribution is -2.24. The Morgan fingerprint density at radius 2 is 1.89 bits per heavy atom. The first-order valence-electron chi connectivity index (χ1n) is 10.7. The van der Waals surface area contributed by atoms with Gasteiger partial charge in [-0.3, -0.25) is 19.3 Å². The van der Waals surface area contributed by atoms with Crippen molar-refractivity contribution in [2.24, 2.45) is 0 Å². The van der Waals surface area contributed by atoms with Gasteiger partial charge in [-0.1, -0.05) is 17.7 Å². The number of nitrogens with two attached hydrogens (primary N) is 1. The number of fused-ring (bicyclic) bond motifs is 2. The Balaban J connectivity index is 1.34. The molecule has 8 nitrogen and oxygen atoms in total. The number of hydrogen-bond donors (Lipinski definition) is 2. The molecule has 0 spiro atoms. The predicted octanol–water partition coefficient (Wildman–Crippen LogP) is 4.29. The molecule has 5 rings (SSSR count). The van der Waals surface area contributed by atoms with Crippen LogP contribution in [0.3, 0.4) is 0 Å². The molecule has 4 aromatic rings. The first kappa shape index (κ1) is 22.4. The average Bonchev–Trinajstić information content (AvgIpc) is 3.37. The zero-order valence-corrected chi connectivity index (χ0v) is 19.3. The normalized spacial score (nSPS) is 13.1. The van der Waals surface area contributed by atoms with Gasteiger partial charge in [0.2, 0.25) is 5.91 Å². The number of anilines is 1. The highest BCUT2D eigenvalue weighted by Gasteiger charge is 2.32. The van der Waals surface area contributed by atoms with E-state index in [4.69, 9.17) is 21.8 Å². The minimum absolute atomic E-state index is 0.172. The average molecular weight is 487 g/mol. The maximum Gasteiger partial charge on any atom is 0.261 e. The Morgan fingerprint density at radius 1 is 1.09 bits per heavy atom. The standard InChI is InChI=1S/C26H19ClN4O4/c1-31-25(33)19-5-4-15(10-20(19)26(31)34)16-8-17-9-18(35-24(17)21(27)11-16)13-30-23(32)7-3-14-2-6-22(28)29-12-14/h2-12H,13H2,1H3,(H2,28,29)(H,30,32)/b7-3+. The van der Waals surface area contributed by atoms with Gasteiger partial charge in [0.15, 0.2) is 5.58 Å². The third-order valence-electron chi connectivity index (χ3n) is 5.72. The number of halogens is 1. The van der Waals surface area contributed by atoms with Gasteiger partial charge in [-0.2, -0.15) is 0 Å². The number of nitrogens with one attached hydrogen (secondary N) is 1. The van der Waals surface area contributed by atoms with Crippen LogP contribution in [0.2, 0.25) is 5.02 Å². The highest BCUT2D eigenvalue weighted by Crippen LogP contribution is 2.34. The molecule has 1 aliphatic heterocycles. The number of imide groups is 1. The number of furan rings is 1. The second-order valence-corrected chi connectivity index (χ2v) is 8.49. The van der Waals surface area contributed by atoms with E-state index in [9.17, 15) is 14.4 Å². The van der Waals surface area contributed by atoms with Crippen LogP contribution in [-0.2, 0) is 11.3 Å². The number of benzene rings is 2. The molecule has 0 unspecified atom stereocenters. The van der Waals surface area contributed by atoms with Crippen LogP contribution in [-0.4, -0.2) is 34.7 Å². The van der Waals surface area contributed by atoms with Gasteiger partial charge in [-0.15, -0.1) is 0 Å². The van der Waals surface area contributed by atoms with Gasteiger partial charge in [0.05, 0.1) is 22.7 Å². The van der Waals surface area contributed by atoms with Gasteiger partial charge in [0.25, 0.3) is 11.8 Å². The Kier molecular flexibility index (Phi) is 5.58. The van der Waals surface area contributed by atoms with E-state index in [0.29, 0.717) is 33.3 Å². The third-order valence-corrected chi connectivity index (χ3v) is 6.00. The quantitative estimate of drug-likeness (QED) is 0.321. The molecule has 1 aliphatic rings. The topological polar surface area (TPSA) is 119 Å². The van der Waals surface area contributed by atoms with E-state index in [0.717, 1.165) is 27.0 Å². The molecule has 0 radical (unpaired) electrons. The summed E-state index contributed by atoms with van der Waals surface area (Å²) in [7, 11) is 1.46. The van der Waals surface area contributed by atoms with Crippen molar-refractivity contribution >= 4 is 52.2 Å². The zero-order chi connectivity index (χ0) is 24.7. The largest absolute Gasteiger partial charge is 0.458 e. The summed E-state index contributed by atoms with van der Waals surface area (Å²) in [6.45, 7) is 0.172. The lowest BCUT2D eigenvalue weighted by molar-refractivity contribution is -0.116. The molecule has 3 heterocycles. The van der Waals surface area contributed by atoms with Crippen LogP contribution in [0.15, 0.2) is 65.2 Å². The fourth-order valence-electron chi connectivity index (χ4n) is 3.88. The van der Waals surface area contributed by atoms with E-state index in [1.807, 2.05) is 6.07 Å². The lowest BCUT2D eigenvalue weighted by atomic mass is 9.99. The molecule has 0 atom stereocenters. The summed E-state index contributed by atoms with van der Waals surface area (Å²) in [5.74, 6) is 0.00183. The van der Waals surface area contributed by atoms with E-state index >= 15 is 0 Å². The second kappa shape index (κ2) is 8.73. The number of aromatic nitrogens is 1. The van der Waals surface area contributed by atoms with Crippen molar-refractivity contribution in [3.63, 3.8) is 0 Å². The second-order valence-electron chi connectivity index (χ2n) is 8.09. The first-order chi connectivity index (χ1) is 16.8. The Hall–Kier alpha value is -4.43. The van der Waals surface area contributed by atoms with E-state index in [-0.39, 0.29) is 24.3 Å². The molecule has 0 fully saturated rings. The summed E-state index contributed by atoms with van der Waals surface area (Å²) in [6, 6.07) is 14.0. The summed E-state index contributed by atoms with van der Waals surface area (Å²) < 4.78 is 5.84. The van der Waals surface area contributed by atoms with Crippen LogP contribution >= 0.6 is 11.6 Å². The highest BCUT2D eigenvalue weighted by molar-refractivity contribution is 6.35. The molecule has 2 aromatic carbocycles. The molecule has 3 amide bonds. The van der Waals surface area contributed by atoms with Gasteiger partial charge < -0.3 is 15.5 Å². The number of carbonyl (C=O) groups excluding carboxylic acids is 3. The highest BCUT2D eigenvalue weighted by atomic mass is 35.5. The minimum atomic E-state index is -0.331. The van der Waals surface area contributed by atoms with Crippen LogP contribution in [0.1, 0.15) is 32.0 Å². The lowest BCUT2D eigenvalue weighted by Gasteiger charge is -2.05. The summed E-state index contributed by atoms with van der Waals surface area (Å²) in [6.07, 6.45) is 4.61. The van der Waals surface area contributed by atoms with Crippen molar-refractivity contribution in [3.8, 4) is 11.1 Å². The Morgan fingerprint density at radius 3 is 2.66 bits per heavy atom. The molecule has 174 valence electrons. The minimum Gasteiger partial charge on any atom is -0.458 e. The molecule has 0 bridgehead atoms. The van der Waals surface area contributed by atoms with Crippen molar-refractivity contribution in [1.82, 2.24) is 15.2 Å². The molecule has 9 heteroatoms. The molecule has 2 aromatic heterocycles. The van der Waals surface area contributed by atoms with Crippen LogP contribution in [0.4, 0.5) is 5.82 Å².